The van der Waals surface area contributed by atoms with Gasteiger partial charge in [-0.1, -0.05) is 12.1 Å². The minimum absolute atomic E-state index is 0.0703. The van der Waals surface area contributed by atoms with Crippen molar-refractivity contribution in [2.75, 3.05) is 12.1 Å². The van der Waals surface area contributed by atoms with E-state index < -0.39 is 6.43 Å². The van der Waals surface area contributed by atoms with Crippen molar-refractivity contribution in [2.45, 2.75) is 32.9 Å². The lowest BCUT2D eigenvalue weighted by Gasteiger charge is -2.26. The second-order valence-corrected chi connectivity index (χ2v) is 5.81. The minimum Gasteiger partial charge on any atom is -0.491 e. The molecule has 1 aromatic carbocycles. The van der Waals surface area contributed by atoms with Crippen LogP contribution in [0.4, 0.5) is 20.3 Å². The first-order valence-corrected chi connectivity index (χ1v) is 7.51. The molecular weight excluding hydrogens is 300 g/mol. The summed E-state index contributed by atoms with van der Waals surface area (Å²) in [7, 11) is 1.90. The Hall–Kier alpha value is -2.21. The topological polar surface area (TPSA) is 28.6 Å². The maximum absolute atomic E-state index is 12.9. The lowest BCUT2D eigenvalue weighted by molar-refractivity contribution is 0.146. The van der Waals surface area contributed by atoms with Crippen LogP contribution in [-0.4, -0.2) is 23.1 Å². The van der Waals surface area contributed by atoms with Crippen LogP contribution in [0.3, 0.4) is 0 Å². The van der Waals surface area contributed by atoms with Crippen LogP contribution < -0.4 is 9.75 Å². The van der Waals surface area contributed by atoms with Gasteiger partial charge >= 0.3 is 0 Å². The Kier molecular flexibility index (Phi) is 4.17. The Morgan fingerprint density at radius 3 is 2.65 bits per heavy atom. The number of hydrazine groups is 1. The van der Waals surface area contributed by atoms with Gasteiger partial charge in [-0.2, -0.15) is 0 Å². The van der Waals surface area contributed by atoms with Gasteiger partial charge in [0.15, 0.2) is 0 Å². The summed E-state index contributed by atoms with van der Waals surface area (Å²) in [5.74, 6) is 1.23. The molecule has 1 aromatic heterocycles. The molecule has 3 rings (SSSR count). The van der Waals surface area contributed by atoms with Gasteiger partial charge in [-0.3, -0.25) is 5.01 Å². The third-order valence-corrected chi connectivity index (χ3v) is 3.59. The van der Waals surface area contributed by atoms with Gasteiger partial charge in [0.2, 0.25) is 0 Å². The molecule has 0 spiro atoms. The average molecular weight is 319 g/mol. The van der Waals surface area contributed by atoms with Gasteiger partial charge in [0, 0.05) is 19.7 Å². The van der Waals surface area contributed by atoms with E-state index in [0.29, 0.717) is 12.4 Å². The molecule has 0 bridgehead atoms. The van der Waals surface area contributed by atoms with E-state index in [2.05, 4.69) is 4.98 Å². The number of rotatable bonds is 4. The molecule has 0 N–H and O–H groups in total. The fraction of sp³-hybridized carbons (Fsp3) is 0.353. The van der Waals surface area contributed by atoms with Crippen molar-refractivity contribution < 1.29 is 13.5 Å². The van der Waals surface area contributed by atoms with Crippen molar-refractivity contribution in [1.29, 1.82) is 0 Å². The summed E-state index contributed by atoms with van der Waals surface area (Å²) in [4.78, 5) is 4.09. The SMILES string of the molecule is CC(C)Oc1ccc2c(c1)N(c1cccc(C(F)F)n1)N(C)C2. The monoisotopic (exact) mass is 319 g/mol. The Labute approximate surface area is 134 Å². The summed E-state index contributed by atoms with van der Waals surface area (Å²) in [6.07, 6.45) is -2.51. The number of benzene rings is 1. The van der Waals surface area contributed by atoms with Crippen LogP contribution in [0.5, 0.6) is 5.75 Å². The van der Waals surface area contributed by atoms with Crippen LogP contribution in [-0.2, 0) is 6.54 Å². The van der Waals surface area contributed by atoms with Gasteiger partial charge < -0.3 is 4.74 Å². The van der Waals surface area contributed by atoms with Gasteiger partial charge in [0.1, 0.15) is 17.3 Å². The van der Waals surface area contributed by atoms with Crippen molar-refractivity contribution in [1.82, 2.24) is 9.99 Å². The number of halogens is 2. The Balaban J connectivity index is 2.00. The Bertz CT molecular complexity index is 706. The molecule has 1 aliphatic heterocycles. The summed E-state index contributed by atoms with van der Waals surface area (Å²) in [6.45, 7) is 4.62. The lowest BCUT2D eigenvalue weighted by atomic mass is 10.2. The highest BCUT2D eigenvalue weighted by atomic mass is 19.3. The second kappa shape index (κ2) is 6.12. The van der Waals surface area contributed by atoms with Gasteiger partial charge in [0.05, 0.1) is 11.8 Å². The minimum atomic E-state index is -2.59. The fourth-order valence-corrected chi connectivity index (χ4v) is 2.70. The van der Waals surface area contributed by atoms with E-state index >= 15 is 0 Å². The van der Waals surface area contributed by atoms with Crippen LogP contribution in [0.2, 0.25) is 0 Å². The maximum Gasteiger partial charge on any atom is 0.280 e. The zero-order valence-electron chi connectivity index (χ0n) is 13.3. The Morgan fingerprint density at radius 1 is 1.17 bits per heavy atom. The standard InChI is InChI=1S/C17H19F2N3O/c1-11(2)23-13-8-7-12-10-21(3)22(15(12)9-13)16-6-4-5-14(20-16)17(18)19/h4-9,11,17H,10H2,1-3H3. The highest BCUT2D eigenvalue weighted by Gasteiger charge is 2.27. The van der Waals surface area contributed by atoms with Crippen LogP contribution in [0.15, 0.2) is 36.4 Å². The number of alkyl halides is 2. The molecule has 0 saturated carbocycles. The number of hydrogen-bond donors (Lipinski definition) is 0. The Morgan fingerprint density at radius 2 is 1.96 bits per heavy atom. The number of hydrogen-bond acceptors (Lipinski definition) is 4. The van der Waals surface area contributed by atoms with Crippen LogP contribution in [0.25, 0.3) is 0 Å². The van der Waals surface area contributed by atoms with Crippen LogP contribution in [0, 0.1) is 0 Å². The largest absolute Gasteiger partial charge is 0.491 e. The average Bonchev–Trinajstić information content (AvgIpc) is 2.82. The maximum atomic E-state index is 12.9. The predicted molar refractivity (Wildman–Crippen MR) is 85.0 cm³/mol. The number of pyridine rings is 1. The molecule has 0 radical (unpaired) electrons. The van der Waals surface area contributed by atoms with E-state index in [4.69, 9.17) is 4.74 Å². The van der Waals surface area contributed by atoms with E-state index in [0.717, 1.165) is 17.0 Å². The fourth-order valence-electron chi connectivity index (χ4n) is 2.70. The quantitative estimate of drug-likeness (QED) is 0.840. The molecule has 4 nitrogen and oxygen atoms in total. The lowest BCUT2D eigenvalue weighted by Crippen LogP contribution is -2.30. The highest BCUT2D eigenvalue weighted by Crippen LogP contribution is 2.38. The number of ether oxygens (including phenoxy) is 1. The van der Waals surface area contributed by atoms with Crippen molar-refractivity contribution in [3.63, 3.8) is 0 Å². The first kappa shape index (κ1) is 15.7. The molecule has 0 aliphatic carbocycles. The van der Waals surface area contributed by atoms with Crippen LogP contribution in [0.1, 0.15) is 31.5 Å². The molecule has 0 amide bonds. The zero-order chi connectivity index (χ0) is 16.6. The first-order valence-electron chi connectivity index (χ1n) is 7.51. The molecule has 2 aromatic rings. The normalized spacial score (nSPS) is 14.7. The third kappa shape index (κ3) is 3.12. The predicted octanol–water partition coefficient (Wildman–Crippen LogP) is 4.30. The first-order chi connectivity index (χ1) is 11.0. The molecule has 6 heteroatoms. The zero-order valence-corrected chi connectivity index (χ0v) is 13.3. The molecule has 0 saturated heterocycles. The molecule has 1 aliphatic rings. The molecule has 0 atom stereocenters. The molecule has 23 heavy (non-hydrogen) atoms. The molecular formula is C17H19F2N3O. The van der Waals surface area contributed by atoms with Crippen molar-refractivity contribution in [3.8, 4) is 5.75 Å². The van der Waals surface area contributed by atoms with Gasteiger partial charge in [-0.25, -0.2) is 18.8 Å². The smallest absolute Gasteiger partial charge is 0.280 e. The number of aromatic nitrogens is 1. The van der Waals surface area contributed by atoms with Crippen LogP contribution >= 0.6 is 0 Å². The van der Waals surface area contributed by atoms with Gasteiger partial charge in [-0.05, 0) is 37.6 Å². The van der Waals surface area contributed by atoms with Gasteiger partial charge in [-0.15, -0.1) is 0 Å². The highest BCUT2D eigenvalue weighted by molar-refractivity contribution is 5.67. The summed E-state index contributed by atoms with van der Waals surface area (Å²) in [6, 6.07) is 10.5. The van der Waals surface area contributed by atoms with E-state index in [9.17, 15) is 8.78 Å². The van der Waals surface area contributed by atoms with E-state index in [-0.39, 0.29) is 11.8 Å². The summed E-state index contributed by atoms with van der Waals surface area (Å²) in [5.41, 5.74) is 1.79. The van der Waals surface area contributed by atoms with E-state index in [1.54, 1.807) is 12.1 Å². The number of fused-ring (bicyclic) bond motifs is 1. The summed E-state index contributed by atoms with van der Waals surface area (Å²) in [5, 5.41) is 3.79. The van der Waals surface area contributed by atoms with Gasteiger partial charge in [0.25, 0.3) is 6.43 Å². The van der Waals surface area contributed by atoms with Crippen molar-refractivity contribution in [2.24, 2.45) is 0 Å². The summed E-state index contributed by atoms with van der Waals surface area (Å²) < 4.78 is 31.6. The second-order valence-electron chi connectivity index (χ2n) is 5.81. The summed E-state index contributed by atoms with van der Waals surface area (Å²) >= 11 is 0. The number of nitrogens with zero attached hydrogens (tertiary/aromatic N) is 3. The molecule has 122 valence electrons. The van der Waals surface area contributed by atoms with E-state index in [1.165, 1.54) is 6.07 Å². The third-order valence-electron chi connectivity index (χ3n) is 3.59. The number of anilines is 2. The van der Waals surface area contributed by atoms with Crippen molar-refractivity contribution >= 4 is 11.5 Å². The molecule has 0 unspecified atom stereocenters. The molecule has 0 fully saturated rings. The van der Waals surface area contributed by atoms with Crippen molar-refractivity contribution in [3.05, 3.63) is 47.7 Å². The van der Waals surface area contributed by atoms with E-state index in [1.807, 2.05) is 49.1 Å². The molecule has 2 heterocycles.